The molecule has 146 valence electrons. The fourth-order valence-corrected chi connectivity index (χ4v) is 3.16. The number of nitrogens with zero attached hydrogens (tertiary/aromatic N) is 2. The van der Waals surface area contributed by atoms with Crippen LogP contribution in [0.1, 0.15) is 16.9 Å². The van der Waals surface area contributed by atoms with Gasteiger partial charge in [-0.05, 0) is 43.7 Å². The lowest BCUT2D eigenvalue weighted by atomic mass is 9.99. The number of furan rings is 1. The number of carbonyl (C=O) groups excluding carboxylic acids is 1. The van der Waals surface area contributed by atoms with E-state index >= 15 is 0 Å². The Morgan fingerprint density at radius 3 is 2.66 bits per heavy atom. The Morgan fingerprint density at radius 1 is 1.03 bits per heavy atom. The zero-order valence-corrected chi connectivity index (χ0v) is 16.3. The van der Waals surface area contributed by atoms with Crippen LogP contribution in [-0.2, 0) is 11.3 Å². The molecule has 4 rings (SSSR count). The lowest BCUT2D eigenvalue weighted by Gasteiger charge is -2.12. The van der Waals surface area contributed by atoms with Crippen molar-refractivity contribution in [2.45, 2.75) is 20.4 Å². The van der Waals surface area contributed by atoms with E-state index in [1.54, 1.807) is 18.4 Å². The van der Waals surface area contributed by atoms with Crippen LogP contribution in [-0.4, -0.2) is 22.7 Å². The minimum absolute atomic E-state index is 0.151. The smallest absolute Gasteiger partial charge is 0.258 e. The van der Waals surface area contributed by atoms with Gasteiger partial charge in [-0.15, -0.1) is 10.2 Å². The van der Waals surface area contributed by atoms with Crippen molar-refractivity contribution in [3.63, 3.8) is 0 Å². The van der Waals surface area contributed by atoms with E-state index in [0.717, 1.165) is 33.2 Å². The van der Waals surface area contributed by atoms with Gasteiger partial charge in [-0.2, -0.15) is 0 Å². The summed E-state index contributed by atoms with van der Waals surface area (Å²) in [7, 11) is 0. The number of rotatable bonds is 6. The van der Waals surface area contributed by atoms with Crippen molar-refractivity contribution in [2.75, 3.05) is 6.61 Å². The lowest BCUT2D eigenvalue weighted by Crippen LogP contribution is -2.28. The molecule has 2 aromatic heterocycles. The van der Waals surface area contributed by atoms with Crippen LogP contribution >= 0.6 is 0 Å². The van der Waals surface area contributed by atoms with Crippen molar-refractivity contribution in [1.82, 2.24) is 15.5 Å². The summed E-state index contributed by atoms with van der Waals surface area (Å²) in [6, 6.07) is 17.6. The molecule has 1 N–H and O–H groups in total. The number of ether oxygens (including phenoxy) is 1. The van der Waals surface area contributed by atoms with Gasteiger partial charge in [0.1, 0.15) is 11.5 Å². The van der Waals surface area contributed by atoms with Crippen LogP contribution in [0.2, 0.25) is 0 Å². The van der Waals surface area contributed by atoms with E-state index in [9.17, 15) is 4.79 Å². The Hall–Kier alpha value is -3.67. The molecule has 0 saturated heterocycles. The predicted octanol–water partition coefficient (Wildman–Crippen LogP) is 4.20. The van der Waals surface area contributed by atoms with E-state index in [1.165, 1.54) is 0 Å². The second-order valence-electron chi connectivity index (χ2n) is 6.86. The van der Waals surface area contributed by atoms with Crippen molar-refractivity contribution in [3.8, 4) is 17.1 Å². The number of hydrogen-bond donors (Lipinski definition) is 1. The first-order valence-electron chi connectivity index (χ1n) is 9.37. The maximum absolute atomic E-state index is 12.1. The first kappa shape index (κ1) is 18.7. The summed E-state index contributed by atoms with van der Waals surface area (Å²) in [5.74, 6) is 0.759. The number of benzene rings is 2. The van der Waals surface area contributed by atoms with Gasteiger partial charge >= 0.3 is 0 Å². The number of amides is 1. The molecule has 0 spiro atoms. The molecule has 0 aliphatic rings. The molecule has 6 nitrogen and oxygen atoms in total. The lowest BCUT2D eigenvalue weighted by molar-refractivity contribution is -0.123. The third-order valence-corrected chi connectivity index (χ3v) is 4.68. The van der Waals surface area contributed by atoms with E-state index in [2.05, 4.69) is 47.6 Å². The minimum Gasteiger partial charge on any atom is -0.467 e. The van der Waals surface area contributed by atoms with Gasteiger partial charge in [0.2, 0.25) is 5.88 Å². The standard InChI is InChI=1S/C23H21N3O3/c1-15-9-10-16(2)20(12-15)22-18-7-3-4-8-19(18)23(26-25-22)29-14-21(27)24-13-17-6-5-11-28-17/h3-12H,13-14H2,1-2H3,(H,24,27). The van der Waals surface area contributed by atoms with Gasteiger partial charge < -0.3 is 14.5 Å². The number of nitrogens with one attached hydrogen (secondary N) is 1. The van der Waals surface area contributed by atoms with Crippen LogP contribution in [0, 0.1) is 13.8 Å². The molecule has 4 aromatic rings. The van der Waals surface area contributed by atoms with Crippen molar-refractivity contribution in [3.05, 3.63) is 77.7 Å². The summed E-state index contributed by atoms with van der Waals surface area (Å²) in [5, 5.41) is 13.2. The van der Waals surface area contributed by atoms with E-state index in [4.69, 9.17) is 9.15 Å². The summed E-state index contributed by atoms with van der Waals surface area (Å²) in [6.45, 7) is 4.27. The van der Waals surface area contributed by atoms with Crippen molar-refractivity contribution in [2.24, 2.45) is 0 Å². The van der Waals surface area contributed by atoms with E-state index < -0.39 is 0 Å². The topological polar surface area (TPSA) is 77.2 Å². The van der Waals surface area contributed by atoms with E-state index in [-0.39, 0.29) is 12.5 Å². The SMILES string of the molecule is Cc1ccc(C)c(-c2nnc(OCC(=O)NCc3ccco3)c3ccccc23)c1. The summed E-state index contributed by atoms with van der Waals surface area (Å²) in [4.78, 5) is 12.1. The maximum Gasteiger partial charge on any atom is 0.258 e. The molecule has 0 unspecified atom stereocenters. The zero-order chi connectivity index (χ0) is 20.2. The molecule has 0 radical (unpaired) electrons. The Morgan fingerprint density at radius 2 is 1.86 bits per heavy atom. The molecule has 2 aromatic carbocycles. The van der Waals surface area contributed by atoms with E-state index in [1.807, 2.05) is 24.3 Å². The second kappa shape index (κ2) is 8.14. The van der Waals surface area contributed by atoms with Crippen molar-refractivity contribution < 1.29 is 13.9 Å². The highest BCUT2D eigenvalue weighted by Crippen LogP contribution is 2.32. The molecule has 2 heterocycles. The highest BCUT2D eigenvalue weighted by atomic mass is 16.5. The molecule has 0 bridgehead atoms. The second-order valence-corrected chi connectivity index (χ2v) is 6.86. The Bertz CT molecular complexity index is 1150. The van der Waals surface area contributed by atoms with Crippen molar-refractivity contribution in [1.29, 1.82) is 0 Å². The molecule has 1 amide bonds. The monoisotopic (exact) mass is 387 g/mol. The van der Waals surface area contributed by atoms with Gasteiger partial charge in [-0.25, -0.2) is 0 Å². The molecule has 29 heavy (non-hydrogen) atoms. The highest BCUT2D eigenvalue weighted by molar-refractivity contribution is 5.97. The number of aryl methyl sites for hydroxylation is 2. The minimum atomic E-state index is -0.258. The van der Waals surface area contributed by atoms with Crippen molar-refractivity contribution >= 4 is 16.7 Å². The predicted molar refractivity (Wildman–Crippen MR) is 110 cm³/mol. The van der Waals surface area contributed by atoms with Crippen LogP contribution in [0.4, 0.5) is 0 Å². The fourth-order valence-electron chi connectivity index (χ4n) is 3.16. The Balaban J connectivity index is 1.57. The van der Waals surface area contributed by atoms with Crippen LogP contribution in [0.15, 0.2) is 65.3 Å². The molecule has 0 aliphatic carbocycles. The van der Waals surface area contributed by atoms with Gasteiger partial charge in [0.15, 0.2) is 6.61 Å². The third kappa shape index (κ3) is 4.11. The Kier molecular flexibility index (Phi) is 5.24. The largest absolute Gasteiger partial charge is 0.467 e. The summed E-state index contributed by atoms with van der Waals surface area (Å²) < 4.78 is 10.9. The van der Waals surface area contributed by atoms with Gasteiger partial charge in [0, 0.05) is 16.3 Å². The number of hydrogen-bond acceptors (Lipinski definition) is 5. The fraction of sp³-hybridized carbons (Fsp3) is 0.174. The normalized spacial score (nSPS) is 10.8. The van der Waals surface area contributed by atoms with Crippen LogP contribution in [0.5, 0.6) is 5.88 Å². The Labute approximate surface area is 168 Å². The molecule has 0 aliphatic heterocycles. The highest BCUT2D eigenvalue weighted by Gasteiger charge is 2.14. The van der Waals surface area contributed by atoms with Crippen LogP contribution in [0.3, 0.4) is 0 Å². The number of fused-ring (bicyclic) bond motifs is 1. The molecule has 0 fully saturated rings. The molecular formula is C23H21N3O3. The average Bonchev–Trinajstić information content (AvgIpc) is 3.26. The van der Waals surface area contributed by atoms with Crippen LogP contribution in [0.25, 0.3) is 22.0 Å². The number of carbonyl (C=O) groups is 1. The van der Waals surface area contributed by atoms with E-state index in [0.29, 0.717) is 18.2 Å². The van der Waals surface area contributed by atoms with Crippen LogP contribution < -0.4 is 10.1 Å². The molecule has 6 heteroatoms. The van der Waals surface area contributed by atoms with Gasteiger partial charge in [0.05, 0.1) is 12.8 Å². The molecular weight excluding hydrogens is 366 g/mol. The summed E-state index contributed by atoms with van der Waals surface area (Å²) >= 11 is 0. The quantitative estimate of drug-likeness (QED) is 0.536. The third-order valence-electron chi connectivity index (χ3n) is 4.68. The zero-order valence-electron chi connectivity index (χ0n) is 16.3. The summed E-state index contributed by atoms with van der Waals surface area (Å²) in [6.07, 6.45) is 1.57. The van der Waals surface area contributed by atoms with Gasteiger partial charge in [-0.1, -0.05) is 35.9 Å². The first-order chi connectivity index (χ1) is 14.1. The number of aromatic nitrogens is 2. The average molecular weight is 387 g/mol. The van der Waals surface area contributed by atoms with Gasteiger partial charge in [0.25, 0.3) is 5.91 Å². The summed E-state index contributed by atoms with van der Waals surface area (Å²) in [5.41, 5.74) is 4.12. The molecule has 0 saturated carbocycles. The first-order valence-corrected chi connectivity index (χ1v) is 9.37. The van der Waals surface area contributed by atoms with Gasteiger partial charge in [-0.3, -0.25) is 4.79 Å². The maximum atomic E-state index is 12.1. The molecule has 0 atom stereocenters.